The van der Waals surface area contributed by atoms with Crippen LogP contribution in [0.2, 0.25) is 5.02 Å². The van der Waals surface area contributed by atoms with Crippen molar-refractivity contribution in [1.29, 1.82) is 0 Å². The van der Waals surface area contributed by atoms with Gasteiger partial charge in [0.2, 0.25) is 0 Å². The molecule has 3 heterocycles. The highest BCUT2D eigenvalue weighted by Gasteiger charge is 2.31. The molecule has 6 nitrogen and oxygen atoms in total. The lowest BCUT2D eigenvalue weighted by Gasteiger charge is -2.30. The van der Waals surface area contributed by atoms with Crippen LogP contribution in [0.1, 0.15) is 59.7 Å². The van der Waals surface area contributed by atoms with Crippen LogP contribution in [0.25, 0.3) is 10.6 Å². The van der Waals surface area contributed by atoms with Gasteiger partial charge in [-0.15, -0.1) is 11.3 Å². The fourth-order valence-corrected chi connectivity index (χ4v) is 4.54. The molecule has 1 saturated carbocycles. The standard InChI is InChI=1S/C20H20ClN5OS/c21-15-5-3-14(4-6-15)19-22-16(11-28-19)20(27)26-9-7-13(8-10-26)18-23-17(24-25-18)12-1-2-12/h3-6,11-13H,1-2,7-10H2,(H,23,24,25). The normalized spacial score (nSPS) is 17.8. The lowest BCUT2D eigenvalue weighted by atomic mass is 9.96. The number of hydrogen-bond acceptors (Lipinski definition) is 5. The molecule has 3 aromatic rings. The summed E-state index contributed by atoms with van der Waals surface area (Å²) < 4.78 is 0. The fourth-order valence-electron chi connectivity index (χ4n) is 3.61. The van der Waals surface area contributed by atoms with E-state index in [9.17, 15) is 4.79 Å². The third-order valence-corrected chi connectivity index (χ3v) is 6.59. The number of carbonyl (C=O) groups is 1. The number of amides is 1. The Kier molecular flexibility index (Phi) is 4.64. The smallest absolute Gasteiger partial charge is 0.273 e. The van der Waals surface area contributed by atoms with Gasteiger partial charge >= 0.3 is 0 Å². The number of rotatable bonds is 4. The predicted molar refractivity (Wildman–Crippen MR) is 109 cm³/mol. The van der Waals surface area contributed by atoms with E-state index in [-0.39, 0.29) is 5.91 Å². The molecule has 1 aliphatic heterocycles. The number of thiazole rings is 1. The quantitative estimate of drug-likeness (QED) is 0.684. The number of carbonyl (C=O) groups excluding carboxylic acids is 1. The summed E-state index contributed by atoms with van der Waals surface area (Å²) in [5, 5.41) is 10.8. The summed E-state index contributed by atoms with van der Waals surface area (Å²) in [6, 6.07) is 7.52. The van der Waals surface area contributed by atoms with Gasteiger partial charge in [-0.25, -0.2) is 9.97 Å². The van der Waals surface area contributed by atoms with Crippen LogP contribution in [-0.2, 0) is 0 Å². The highest BCUT2D eigenvalue weighted by Crippen LogP contribution is 2.38. The van der Waals surface area contributed by atoms with Crippen molar-refractivity contribution >= 4 is 28.8 Å². The van der Waals surface area contributed by atoms with Crippen LogP contribution in [0.3, 0.4) is 0 Å². The van der Waals surface area contributed by atoms with E-state index in [1.54, 1.807) is 0 Å². The van der Waals surface area contributed by atoms with Crippen molar-refractivity contribution in [1.82, 2.24) is 25.1 Å². The molecule has 144 valence electrons. The van der Waals surface area contributed by atoms with Crippen LogP contribution in [0.15, 0.2) is 29.6 Å². The van der Waals surface area contributed by atoms with Gasteiger partial charge in [0.1, 0.15) is 16.5 Å². The Morgan fingerprint density at radius 2 is 1.82 bits per heavy atom. The summed E-state index contributed by atoms with van der Waals surface area (Å²) in [6.07, 6.45) is 4.21. The second kappa shape index (κ2) is 7.29. The van der Waals surface area contributed by atoms with E-state index in [0.717, 1.165) is 48.2 Å². The predicted octanol–water partition coefficient (Wildman–Crippen LogP) is 4.48. The largest absolute Gasteiger partial charge is 0.337 e. The number of piperidine rings is 1. The number of likely N-dealkylation sites (tertiary alicyclic amines) is 1. The Hall–Kier alpha value is -2.25. The van der Waals surface area contributed by atoms with E-state index in [1.807, 2.05) is 34.5 Å². The van der Waals surface area contributed by atoms with Crippen molar-refractivity contribution in [3.05, 3.63) is 52.0 Å². The van der Waals surface area contributed by atoms with Crippen molar-refractivity contribution < 1.29 is 4.79 Å². The molecule has 1 aliphatic carbocycles. The molecule has 2 aliphatic rings. The molecule has 1 N–H and O–H groups in total. The Balaban J connectivity index is 1.22. The first-order valence-electron chi connectivity index (χ1n) is 9.60. The second-order valence-corrected chi connectivity index (χ2v) is 8.76. The van der Waals surface area contributed by atoms with E-state index in [4.69, 9.17) is 11.6 Å². The molecule has 0 radical (unpaired) electrons. The number of nitrogens with zero attached hydrogens (tertiary/aromatic N) is 4. The monoisotopic (exact) mass is 413 g/mol. The highest BCUT2D eigenvalue weighted by atomic mass is 35.5. The fraction of sp³-hybridized carbons (Fsp3) is 0.400. The van der Waals surface area contributed by atoms with Gasteiger partial charge in [0, 0.05) is 40.9 Å². The molecule has 28 heavy (non-hydrogen) atoms. The Bertz CT molecular complexity index is 986. The van der Waals surface area contributed by atoms with Gasteiger partial charge in [0.05, 0.1) is 0 Å². The van der Waals surface area contributed by atoms with Gasteiger partial charge in [-0.3, -0.25) is 9.89 Å². The summed E-state index contributed by atoms with van der Waals surface area (Å²) in [5.74, 6) is 2.86. The molecule has 0 bridgehead atoms. The van der Waals surface area contributed by atoms with Crippen LogP contribution in [0.4, 0.5) is 0 Å². The van der Waals surface area contributed by atoms with Gasteiger partial charge in [-0.2, -0.15) is 5.10 Å². The lowest BCUT2D eigenvalue weighted by Crippen LogP contribution is -2.38. The van der Waals surface area contributed by atoms with Crippen molar-refractivity contribution in [3.63, 3.8) is 0 Å². The topological polar surface area (TPSA) is 74.8 Å². The average molecular weight is 414 g/mol. The molecule has 1 amide bonds. The van der Waals surface area contributed by atoms with E-state index in [2.05, 4.69) is 20.2 Å². The van der Waals surface area contributed by atoms with E-state index < -0.39 is 0 Å². The first-order chi connectivity index (χ1) is 13.7. The van der Waals surface area contributed by atoms with Crippen molar-refractivity contribution in [2.45, 2.75) is 37.5 Å². The maximum Gasteiger partial charge on any atom is 0.273 e. The van der Waals surface area contributed by atoms with Crippen LogP contribution >= 0.6 is 22.9 Å². The molecule has 5 rings (SSSR count). The Labute approximate surface area is 172 Å². The summed E-state index contributed by atoms with van der Waals surface area (Å²) in [6.45, 7) is 1.44. The molecule has 1 aromatic carbocycles. The number of aromatic amines is 1. The zero-order valence-corrected chi connectivity index (χ0v) is 16.8. The number of nitrogens with one attached hydrogen (secondary N) is 1. The first kappa shape index (κ1) is 17.8. The maximum atomic E-state index is 12.9. The van der Waals surface area contributed by atoms with Gasteiger partial charge in [0.15, 0.2) is 5.82 Å². The Morgan fingerprint density at radius 3 is 2.54 bits per heavy atom. The number of H-pyrrole nitrogens is 1. The van der Waals surface area contributed by atoms with Gasteiger partial charge in [0.25, 0.3) is 5.91 Å². The minimum absolute atomic E-state index is 0.00570. The van der Waals surface area contributed by atoms with Crippen LogP contribution in [0.5, 0.6) is 0 Å². The number of hydrogen-bond donors (Lipinski definition) is 1. The third kappa shape index (κ3) is 3.56. The molecule has 0 atom stereocenters. The average Bonchev–Trinajstić information content (AvgIpc) is 3.26. The minimum atomic E-state index is 0.00570. The zero-order valence-electron chi connectivity index (χ0n) is 15.3. The molecule has 0 spiro atoms. The van der Waals surface area contributed by atoms with Gasteiger partial charge < -0.3 is 4.90 Å². The number of benzene rings is 1. The molecule has 1 saturated heterocycles. The van der Waals surface area contributed by atoms with Crippen LogP contribution < -0.4 is 0 Å². The number of aromatic nitrogens is 4. The van der Waals surface area contributed by atoms with Crippen molar-refractivity contribution in [2.75, 3.05) is 13.1 Å². The summed E-state index contributed by atoms with van der Waals surface area (Å²) in [4.78, 5) is 24.0. The summed E-state index contributed by atoms with van der Waals surface area (Å²) >= 11 is 7.43. The summed E-state index contributed by atoms with van der Waals surface area (Å²) in [5.41, 5.74) is 1.49. The molecular weight excluding hydrogens is 394 g/mol. The summed E-state index contributed by atoms with van der Waals surface area (Å²) in [7, 11) is 0. The second-order valence-electron chi connectivity index (χ2n) is 7.46. The first-order valence-corrected chi connectivity index (χ1v) is 10.9. The molecule has 2 aromatic heterocycles. The van der Waals surface area contributed by atoms with E-state index in [1.165, 1.54) is 24.2 Å². The molecular formula is C20H20ClN5OS. The zero-order chi connectivity index (χ0) is 19.1. The molecule has 8 heteroatoms. The highest BCUT2D eigenvalue weighted by molar-refractivity contribution is 7.13. The van der Waals surface area contributed by atoms with Crippen LogP contribution in [-0.4, -0.2) is 44.1 Å². The lowest BCUT2D eigenvalue weighted by molar-refractivity contribution is 0.0706. The minimum Gasteiger partial charge on any atom is -0.337 e. The third-order valence-electron chi connectivity index (χ3n) is 5.45. The number of halogens is 1. The Morgan fingerprint density at radius 1 is 1.07 bits per heavy atom. The molecule has 0 unspecified atom stereocenters. The van der Waals surface area contributed by atoms with E-state index >= 15 is 0 Å². The van der Waals surface area contributed by atoms with Crippen LogP contribution in [0, 0.1) is 0 Å². The van der Waals surface area contributed by atoms with Gasteiger partial charge in [-0.1, -0.05) is 23.7 Å². The SMILES string of the molecule is O=C(c1csc(-c2ccc(Cl)cc2)n1)N1CCC(c2nc(C3CC3)n[nH]2)CC1. The van der Waals surface area contributed by atoms with E-state index in [0.29, 0.717) is 22.6 Å². The maximum absolute atomic E-state index is 12.9. The van der Waals surface area contributed by atoms with Gasteiger partial charge in [-0.05, 0) is 37.8 Å². The van der Waals surface area contributed by atoms with Crippen molar-refractivity contribution in [2.24, 2.45) is 0 Å². The molecule has 2 fully saturated rings. The van der Waals surface area contributed by atoms with Crippen molar-refractivity contribution in [3.8, 4) is 10.6 Å².